The van der Waals surface area contributed by atoms with Crippen LogP contribution in [0.1, 0.15) is 5.56 Å². The average Bonchev–Trinajstić information content (AvgIpc) is 4.25. The van der Waals surface area contributed by atoms with Gasteiger partial charge in [-0.15, -0.1) is 0 Å². The highest BCUT2D eigenvalue weighted by molar-refractivity contribution is 6.18. The molecule has 338 valence electrons. The fraction of sp³-hybridized carbons (Fsp3) is 0. The summed E-state index contributed by atoms with van der Waals surface area (Å²) in [6.45, 7) is 0. The molecule has 0 atom stereocenters. The molecule has 0 saturated heterocycles. The van der Waals surface area contributed by atoms with Gasteiger partial charge in [0, 0.05) is 53.9 Å². The Morgan fingerprint density at radius 2 is 0.329 bits per heavy atom. The molecule has 16 rings (SSSR count). The molecule has 6 heteroatoms. The number of benzene rings is 11. The number of rotatable bonds is 5. The van der Waals surface area contributed by atoms with Gasteiger partial charge in [0.2, 0.25) is 0 Å². The van der Waals surface area contributed by atoms with Gasteiger partial charge in [-0.1, -0.05) is 182 Å². The van der Waals surface area contributed by atoms with Crippen LogP contribution in [-0.2, 0) is 0 Å². The normalized spacial score (nSPS) is 12.1. The van der Waals surface area contributed by atoms with Crippen molar-refractivity contribution >= 4 is 109 Å². The SMILES string of the molecule is N#Cc1c(-n2c3ccccc3c3ccccc32)c(-n2c3ccccc3c3ccccc32)c(-n2c3ccccc3c3ccccc32)c(-n2c3ccccc3c3ccccc32)c1-n1c2ccccc2c2ccccc21. The molecule has 5 heterocycles. The van der Waals surface area contributed by atoms with Crippen LogP contribution in [0.5, 0.6) is 0 Å². The van der Waals surface area contributed by atoms with Crippen LogP contribution in [0.4, 0.5) is 0 Å². The lowest BCUT2D eigenvalue weighted by molar-refractivity contribution is 0.992. The van der Waals surface area contributed by atoms with Gasteiger partial charge in [0.25, 0.3) is 0 Å². The number of nitrogens with zero attached hydrogens (tertiary/aromatic N) is 6. The maximum Gasteiger partial charge on any atom is 0.105 e. The molecule has 0 fully saturated rings. The number of fused-ring (bicyclic) bond motifs is 15. The van der Waals surface area contributed by atoms with Gasteiger partial charge in [0.1, 0.15) is 11.6 Å². The third kappa shape index (κ3) is 5.24. The molecule has 0 aliphatic carbocycles. The Labute approximate surface area is 417 Å². The van der Waals surface area contributed by atoms with Crippen LogP contribution in [0, 0.1) is 11.3 Å². The number of nitriles is 1. The maximum absolute atomic E-state index is 12.8. The summed E-state index contributed by atoms with van der Waals surface area (Å²) in [6.07, 6.45) is 0. The van der Waals surface area contributed by atoms with Crippen molar-refractivity contribution in [2.24, 2.45) is 0 Å². The molecule has 0 N–H and O–H groups in total. The summed E-state index contributed by atoms with van der Waals surface area (Å²) in [7, 11) is 0. The van der Waals surface area contributed by atoms with Gasteiger partial charge in [0.15, 0.2) is 0 Å². The fourth-order valence-electron chi connectivity index (χ4n) is 12.7. The molecular weight excluding hydrogens is 889 g/mol. The van der Waals surface area contributed by atoms with Crippen LogP contribution in [0.2, 0.25) is 0 Å². The van der Waals surface area contributed by atoms with E-state index < -0.39 is 0 Å². The van der Waals surface area contributed by atoms with Crippen LogP contribution in [0.25, 0.3) is 137 Å². The van der Waals surface area contributed by atoms with E-state index in [0.29, 0.717) is 5.56 Å². The summed E-state index contributed by atoms with van der Waals surface area (Å²) < 4.78 is 12.2. The Bertz CT molecular complexity index is 4540. The maximum atomic E-state index is 12.8. The molecule has 73 heavy (non-hydrogen) atoms. The van der Waals surface area contributed by atoms with E-state index in [1.54, 1.807) is 0 Å². The molecule has 0 bridgehead atoms. The van der Waals surface area contributed by atoms with Crippen LogP contribution in [-0.4, -0.2) is 22.8 Å². The molecule has 5 aromatic heterocycles. The van der Waals surface area contributed by atoms with Crippen molar-refractivity contribution in [3.63, 3.8) is 0 Å². The van der Waals surface area contributed by atoms with Gasteiger partial charge in [-0.25, -0.2) is 0 Å². The van der Waals surface area contributed by atoms with E-state index >= 15 is 0 Å². The zero-order chi connectivity index (χ0) is 47.9. The molecule has 6 nitrogen and oxygen atoms in total. The van der Waals surface area contributed by atoms with Gasteiger partial charge < -0.3 is 22.8 Å². The van der Waals surface area contributed by atoms with E-state index in [4.69, 9.17) is 0 Å². The molecule has 0 aliphatic rings. The lowest BCUT2D eigenvalue weighted by Crippen LogP contribution is -2.18. The molecule has 0 radical (unpaired) electrons. The fourth-order valence-corrected chi connectivity index (χ4v) is 12.7. The van der Waals surface area contributed by atoms with Crippen molar-refractivity contribution in [2.75, 3.05) is 0 Å². The smallest absolute Gasteiger partial charge is 0.105 e. The number of hydrogen-bond donors (Lipinski definition) is 0. The highest BCUT2D eigenvalue weighted by Gasteiger charge is 2.36. The minimum Gasteiger partial charge on any atom is -0.306 e. The average molecular weight is 929 g/mol. The molecule has 0 saturated carbocycles. The first-order valence-electron chi connectivity index (χ1n) is 24.9. The first-order valence-corrected chi connectivity index (χ1v) is 24.9. The van der Waals surface area contributed by atoms with Crippen LogP contribution in [0.3, 0.4) is 0 Å². The molecule has 0 amide bonds. The van der Waals surface area contributed by atoms with E-state index in [0.717, 1.165) is 137 Å². The van der Waals surface area contributed by atoms with E-state index in [1.165, 1.54) is 0 Å². The first-order chi connectivity index (χ1) is 36.3. The van der Waals surface area contributed by atoms with E-state index in [2.05, 4.69) is 272 Å². The lowest BCUT2D eigenvalue weighted by atomic mass is 10.0. The van der Waals surface area contributed by atoms with E-state index in [1.807, 2.05) is 0 Å². The zero-order valence-electron chi connectivity index (χ0n) is 39.3. The largest absolute Gasteiger partial charge is 0.306 e. The first kappa shape index (κ1) is 39.7. The standard InChI is InChI=1S/C67H40N6/c68-41-52-63(69-53-31-11-1-21-42(53)43-22-2-12-32-54(43)69)65(71-57-35-15-5-25-46(57)47-26-6-16-36-58(47)71)67(73-61-39-19-9-29-50(61)51-30-10-20-40-62(51)73)66(72-59-37-17-7-27-48(59)49-28-8-18-38-60(49)72)64(52)70-55-33-13-3-23-44(55)45-24-4-14-34-56(45)70/h1-40H. The summed E-state index contributed by atoms with van der Waals surface area (Å²) in [4.78, 5) is 0. The van der Waals surface area contributed by atoms with Crippen molar-refractivity contribution in [1.82, 2.24) is 22.8 Å². The topological polar surface area (TPSA) is 48.4 Å². The summed E-state index contributed by atoms with van der Waals surface area (Å²) >= 11 is 0. The molecule has 0 spiro atoms. The molecule has 0 unspecified atom stereocenters. The summed E-state index contributed by atoms with van der Waals surface area (Å²) in [5.74, 6) is 0. The summed E-state index contributed by atoms with van der Waals surface area (Å²) in [5, 5.41) is 24.1. The Balaban J connectivity index is 1.31. The third-order valence-electron chi connectivity index (χ3n) is 15.5. The predicted octanol–water partition coefficient (Wildman–Crippen LogP) is 17.0. The van der Waals surface area contributed by atoms with Crippen molar-refractivity contribution in [3.8, 4) is 34.5 Å². The highest BCUT2D eigenvalue weighted by atomic mass is 15.2. The van der Waals surface area contributed by atoms with Crippen LogP contribution >= 0.6 is 0 Å². The molecule has 11 aromatic carbocycles. The minimum atomic E-state index is 0.538. The van der Waals surface area contributed by atoms with Crippen molar-refractivity contribution in [1.29, 1.82) is 5.26 Å². The molecular formula is C67H40N6. The molecule has 16 aromatic rings. The Morgan fingerprint density at radius 1 is 0.192 bits per heavy atom. The lowest BCUT2D eigenvalue weighted by Gasteiger charge is -2.30. The second-order valence-electron chi connectivity index (χ2n) is 19.1. The second kappa shape index (κ2) is 15.0. The monoisotopic (exact) mass is 928 g/mol. The summed E-state index contributed by atoms with van der Waals surface area (Å²) in [6, 6.07) is 90.4. The van der Waals surface area contributed by atoms with Gasteiger partial charge in [-0.05, 0) is 60.7 Å². The predicted molar refractivity (Wildman–Crippen MR) is 303 cm³/mol. The van der Waals surface area contributed by atoms with Gasteiger partial charge >= 0.3 is 0 Å². The summed E-state index contributed by atoms with van der Waals surface area (Å²) in [5.41, 5.74) is 15.1. The quantitative estimate of drug-likeness (QED) is 0.170. The number of aromatic nitrogens is 5. The number of para-hydroxylation sites is 10. The van der Waals surface area contributed by atoms with Crippen molar-refractivity contribution in [3.05, 3.63) is 248 Å². The van der Waals surface area contributed by atoms with Crippen LogP contribution in [0.15, 0.2) is 243 Å². The van der Waals surface area contributed by atoms with E-state index in [9.17, 15) is 5.26 Å². The highest BCUT2D eigenvalue weighted by Crippen LogP contribution is 2.51. The number of hydrogen-bond acceptors (Lipinski definition) is 1. The second-order valence-corrected chi connectivity index (χ2v) is 19.1. The van der Waals surface area contributed by atoms with Crippen molar-refractivity contribution in [2.45, 2.75) is 0 Å². The Hall–Kier alpha value is -10.1. The van der Waals surface area contributed by atoms with Gasteiger partial charge in [0.05, 0.1) is 83.6 Å². The van der Waals surface area contributed by atoms with E-state index in [-0.39, 0.29) is 0 Å². The van der Waals surface area contributed by atoms with Crippen molar-refractivity contribution < 1.29 is 0 Å². The van der Waals surface area contributed by atoms with Gasteiger partial charge in [-0.3, -0.25) is 0 Å². The minimum absolute atomic E-state index is 0.538. The molecule has 0 aliphatic heterocycles. The third-order valence-corrected chi connectivity index (χ3v) is 15.5. The van der Waals surface area contributed by atoms with Crippen LogP contribution < -0.4 is 0 Å². The Morgan fingerprint density at radius 3 is 0.493 bits per heavy atom. The zero-order valence-corrected chi connectivity index (χ0v) is 39.3. The van der Waals surface area contributed by atoms with Gasteiger partial charge in [-0.2, -0.15) is 5.26 Å². The Kier molecular flexibility index (Phi) is 8.14.